The van der Waals surface area contributed by atoms with E-state index in [4.69, 9.17) is 11.6 Å². The molecule has 0 saturated heterocycles. The number of thiophene rings is 1. The Hall–Kier alpha value is -0.0600. The van der Waals surface area contributed by atoms with Crippen LogP contribution in [0, 0.1) is 0 Å². The second-order valence-electron chi connectivity index (χ2n) is 1.64. The first-order valence-corrected chi connectivity index (χ1v) is 5.04. The number of ether oxygens (including phenoxy) is 1. The minimum absolute atomic E-state index is 0.210. The molecule has 0 amide bonds. The van der Waals surface area contributed by atoms with E-state index >= 15 is 0 Å². The highest BCUT2D eigenvalue weighted by Gasteiger charge is 2.08. The molecule has 0 fully saturated rings. The molecule has 0 unspecified atom stereocenters. The van der Waals surface area contributed by atoms with Gasteiger partial charge in [-0.2, -0.15) is 0 Å². The van der Waals surface area contributed by atoms with Gasteiger partial charge >= 0.3 is 5.97 Å². The summed E-state index contributed by atoms with van der Waals surface area (Å²) in [5.74, 6) is -0.348. The van der Waals surface area contributed by atoms with Crippen molar-refractivity contribution in [3.8, 4) is 0 Å². The molecule has 0 bridgehead atoms. The number of carbonyl (C=O) groups is 1. The van der Waals surface area contributed by atoms with Crippen molar-refractivity contribution in [3.05, 3.63) is 21.3 Å². The predicted octanol–water partition coefficient (Wildman–Crippen LogP) is 2.91. The van der Waals surface area contributed by atoms with Crippen molar-refractivity contribution >= 4 is 44.8 Å². The van der Waals surface area contributed by atoms with Crippen molar-refractivity contribution in [1.82, 2.24) is 0 Å². The Morgan fingerprint density at radius 3 is 2.91 bits per heavy atom. The third-order valence-corrected chi connectivity index (χ3v) is 2.40. The summed E-state index contributed by atoms with van der Waals surface area (Å²) in [5, 5.41) is 0. The van der Waals surface area contributed by atoms with Gasteiger partial charge in [-0.25, -0.2) is 4.79 Å². The molecule has 0 aliphatic carbocycles. The zero-order valence-corrected chi connectivity index (χ0v) is 8.50. The molecule has 1 heterocycles. The van der Waals surface area contributed by atoms with Crippen LogP contribution in [0.25, 0.3) is 0 Å². The van der Waals surface area contributed by atoms with Crippen molar-refractivity contribution in [2.75, 3.05) is 5.52 Å². The number of rotatable bonds is 2. The molecule has 0 saturated carbocycles. The fraction of sp³-hybridized carbons (Fsp3) is 0.167. The van der Waals surface area contributed by atoms with E-state index in [9.17, 15) is 4.79 Å². The summed E-state index contributed by atoms with van der Waals surface area (Å²) in [4.78, 5) is 11.5. The Morgan fingerprint density at radius 2 is 2.45 bits per heavy atom. The van der Waals surface area contributed by atoms with Gasteiger partial charge in [0.1, 0.15) is 10.4 Å². The molecule has 60 valence electrons. The van der Waals surface area contributed by atoms with Crippen molar-refractivity contribution in [2.45, 2.75) is 0 Å². The fourth-order valence-corrected chi connectivity index (χ4v) is 1.69. The van der Waals surface area contributed by atoms with Gasteiger partial charge in [0.2, 0.25) is 0 Å². The van der Waals surface area contributed by atoms with Crippen molar-refractivity contribution in [2.24, 2.45) is 0 Å². The Morgan fingerprint density at radius 1 is 1.73 bits per heavy atom. The van der Waals surface area contributed by atoms with Gasteiger partial charge in [0.25, 0.3) is 0 Å². The summed E-state index contributed by atoms with van der Waals surface area (Å²) in [6, 6.07) is 3.30. The molecule has 0 aromatic carbocycles. The summed E-state index contributed by atoms with van der Waals surface area (Å²) in [6.07, 6.45) is 0. The summed E-state index contributed by atoms with van der Waals surface area (Å²) in [6.45, 7) is 0. The van der Waals surface area contributed by atoms with Gasteiger partial charge in [-0.05, 0) is 28.1 Å². The summed E-state index contributed by atoms with van der Waals surface area (Å²) in [7, 11) is 0. The molecular formula is C6H4BrClO2S. The van der Waals surface area contributed by atoms with Gasteiger partial charge in [0.15, 0.2) is 0 Å². The number of esters is 1. The van der Waals surface area contributed by atoms with E-state index in [0.717, 1.165) is 0 Å². The normalized spacial score (nSPS) is 9.64. The van der Waals surface area contributed by atoms with E-state index in [0.29, 0.717) is 9.21 Å². The SMILES string of the molecule is O=C(OCBr)c1ccc(Cl)s1. The topological polar surface area (TPSA) is 26.3 Å². The summed E-state index contributed by atoms with van der Waals surface area (Å²) in [5.41, 5.74) is 0.210. The maximum absolute atomic E-state index is 11.0. The third-order valence-electron chi connectivity index (χ3n) is 0.960. The zero-order chi connectivity index (χ0) is 8.27. The van der Waals surface area contributed by atoms with E-state index in [-0.39, 0.29) is 11.5 Å². The molecule has 5 heteroatoms. The molecule has 1 rings (SSSR count). The molecule has 0 atom stereocenters. The minimum Gasteiger partial charge on any atom is -0.450 e. The lowest BCUT2D eigenvalue weighted by Crippen LogP contribution is -1.99. The van der Waals surface area contributed by atoms with Gasteiger partial charge in [-0.1, -0.05) is 11.6 Å². The van der Waals surface area contributed by atoms with Crippen LogP contribution in [0.15, 0.2) is 12.1 Å². The standard InChI is InChI=1S/C6H4BrClO2S/c7-3-10-6(9)4-1-2-5(8)11-4/h1-2H,3H2. The molecule has 2 nitrogen and oxygen atoms in total. The highest BCUT2D eigenvalue weighted by molar-refractivity contribution is 9.09. The van der Waals surface area contributed by atoms with E-state index in [2.05, 4.69) is 20.7 Å². The molecule has 0 aliphatic heterocycles. The van der Waals surface area contributed by atoms with E-state index < -0.39 is 0 Å². The van der Waals surface area contributed by atoms with Crippen LogP contribution in [-0.4, -0.2) is 11.5 Å². The number of hydrogen-bond acceptors (Lipinski definition) is 3. The van der Waals surface area contributed by atoms with Crippen molar-refractivity contribution < 1.29 is 9.53 Å². The zero-order valence-electron chi connectivity index (χ0n) is 5.34. The molecule has 0 radical (unpaired) electrons. The molecule has 1 aromatic rings. The molecule has 1 aromatic heterocycles. The maximum Gasteiger partial charge on any atom is 0.349 e. The lowest BCUT2D eigenvalue weighted by atomic mass is 10.5. The number of halogens is 2. The van der Waals surface area contributed by atoms with Gasteiger partial charge in [-0.15, -0.1) is 11.3 Å². The third kappa shape index (κ3) is 2.47. The Kier molecular flexibility index (Phi) is 3.36. The smallest absolute Gasteiger partial charge is 0.349 e. The Balaban J connectivity index is 2.69. The molecule has 0 aliphatic rings. The van der Waals surface area contributed by atoms with Gasteiger partial charge in [0.05, 0.1) is 4.34 Å². The van der Waals surface area contributed by atoms with Crippen molar-refractivity contribution in [1.29, 1.82) is 0 Å². The second kappa shape index (κ2) is 4.09. The number of hydrogen-bond donors (Lipinski definition) is 0. The molecular weight excluding hydrogens is 251 g/mol. The molecule has 0 N–H and O–H groups in total. The fourth-order valence-electron chi connectivity index (χ4n) is 0.545. The van der Waals surface area contributed by atoms with Crippen molar-refractivity contribution in [3.63, 3.8) is 0 Å². The van der Waals surface area contributed by atoms with Crippen LogP contribution < -0.4 is 0 Å². The van der Waals surface area contributed by atoms with Crippen LogP contribution in [0.5, 0.6) is 0 Å². The molecule has 11 heavy (non-hydrogen) atoms. The quantitative estimate of drug-likeness (QED) is 0.600. The lowest BCUT2D eigenvalue weighted by Gasteiger charge is -1.94. The Bertz CT molecular complexity index is 261. The predicted molar refractivity (Wildman–Crippen MR) is 48.5 cm³/mol. The number of carbonyl (C=O) groups excluding carboxylic acids is 1. The highest BCUT2D eigenvalue weighted by atomic mass is 79.9. The van der Waals surface area contributed by atoms with Gasteiger partial charge in [0, 0.05) is 0 Å². The van der Waals surface area contributed by atoms with Crippen LogP contribution in [0.4, 0.5) is 0 Å². The maximum atomic E-state index is 11.0. The summed E-state index contributed by atoms with van der Waals surface area (Å²) < 4.78 is 5.26. The largest absolute Gasteiger partial charge is 0.450 e. The Labute approximate surface area is 81.2 Å². The van der Waals surface area contributed by atoms with Gasteiger partial charge < -0.3 is 4.74 Å². The average Bonchev–Trinajstić information content (AvgIpc) is 2.36. The second-order valence-corrected chi connectivity index (χ2v) is 3.82. The summed E-state index contributed by atoms with van der Waals surface area (Å²) >= 11 is 9.79. The van der Waals surface area contributed by atoms with Crippen LogP contribution in [0.3, 0.4) is 0 Å². The van der Waals surface area contributed by atoms with E-state index in [1.165, 1.54) is 11.3 Å². The number of alkyl halides is 1. The van der Waals surface area contributed by atoms with E-state index in [1.807, 2.05) is 0 Å². The van der Waals surface area contributed by atoms with Crippen LogP contribution in [-0.2, 0) is 4.74 Å². The van der Waals surface area contributed by atoms with Crippen LogP contribution in [0.1, 0.15) is 9.67 Å². The minimum atomic E-state index is -0.348. The van der Waals surface area contributed by atoms with Crippen LogP contribution >= 0.6 is 38.9 Å². The monoisotopic (exact) mass is 254 g/mol. The lowest BCUT2D eigenvalue weighted by molar-refractivity contribution is 0.0589. The average molecular weight is 256 g/mol. The first kappa shape index (κ1) is 9.03. The molecule has 0 spiro atoms. The highest BCUT2D eigenvalue weighted by Crippen LogP contribution is 2.21. The van der Waals surface area contributed by atoms with Crippen LogP contribution in [0.2, 0.25) is 4.34 Å². The van der Waals surface area contributed by atoms with E-state index in [1.54, 1.807) is 12.1 Å². The first-order valence-electron chi connectivity index (χ1n) is 2.72. The van der Waals surface area contributed by atoms with Gasteiger partial charge in [-0.3, -0.25) is 0 Å². The first-order chi connectivity index (χ1) is 5.24.